The highest BCUT2D eigenvalue weighted by Crippen LogP contribution is 2.24. The summed E-state index contributed by atoms with van der Waals surface area (Å²) in [7, 11) is 0. The third-order valence-corrected chi connectivity index (χ3v) is 3.62. The van der Waals surface area contributed by atoms with E-state index in [0.717, 1.165) is 18.9 Å². The van der Waals surface area contributed by atoms with Crippen LogP contribution in [-0.4, -0.2) is 30.2 Å². The lowest BCUT2D eigenvalue weighted by molar-refractivity contribution is -0.137. The van der Waals surface area contributed by atoms with Crippen molar-refractivity contribution in [3.63, 3.8) is 0 Å². The predicted molar refractivity (Wildman–Crippen MR) is 87.9 cm³/mol. The van der Waals surface area contributed by atoms with Gasteiger partial charge in [-0.05, 0) is 38.3 Å². The molecule has 1 aliphatic rings. The smallest absolute Gasteiger partial charge is 0.344 e. The van der Waals surface area contributed by atoms with Gasteiger partial charge in [0.1, 0.15) is 23.0 Å². The molecule has 134 valence electrons. The van der Waals surface area contributed by atoms with Gasteiger partial charge in [0, 0.05) is 5.70 Å². The average Bonchev–Trinajstić information content (AvgIpc) is 3.33. The van der Waals surface area contributed by atoms with Crippen molar-refractivity contribution in [2.75, 3.05) is 6.61 Å². The van der Waals surface area contributed by atoms with E-state index < -0.39 is 35.6 Å². The molecule has 1 aliphatic carbocycles. The van der Waals surface area contributed by atoms with Gasteiger partial charge in [0.2, 0.25) is 5.78 Å². The van der Waals surface area contributed by atoms with Crippen molar-refractivity contribution in [1.29, 1.82) is 0 Å². The number of esters is 1. The van der Waals surface area contributed by atoms with E-state index >= 15 is 0 Å². The normalized spacial score (nSPS) is 15.6. The SMILES string of the molecule is C/C(N)=C(\C(=O)OCC(=O)c1c(F)ccc(C)c1F)C(N)=NC1CC1. The number of amidine groups is 1. The fourth-order valence-electron chi connectivity index (χ4n) is 2.12. The van der Waals surface area contributed by atoms with Crippen LogP contribution >= 0.6 is 0 Å². The van der Waals surface area contributed by atoms with Crippen LogP contribution in [0.2, 0.25) is 0 Å². The number of allylic oxidation sites excluding steroid dienone is 1. The second-order valence-corrected chi connectivity index (χ2v) is 5.86. The summed E-state index contributed by atoms with van der Waals surface area (Å²) >= 11 is 0. The highest BCUT2D eigenvalue weighted by molar-refractivity contribution is 6.19. The standard InChI is InChI=1S/C17H19F2N3O3/c1-8-3-6-11(18)14(15(8)19)12(23)7-25-17(24)13(9(2)20)16(21)22-10-4-5-10/h3,6,10H,4-5,7,20H2,1-2H3,(H2,21,22)/b13-9+. The summed E-state index contributed by atoms with van der Waals surface area (Å²) in [5.74, 6) is -4.05. The molecule has 0 amide bonds. The number of nitrogens with two attached hydrogens (primary N) is 2. The van der Waals surface area contributed by atoms with Gasteiger partial charge < -0.3 is 16.2 Å². The van der Waals surface area contributed by atoms with Gasteiger partial charge in [-0.1, -0.05) is 6.07 Å². The summed E-state index contributed by atoms with van der Waals surface area (Å²) in [6.45, 7) is 1.99. The van der Waals surface area contributed by atoms with Crippen LogP contribution in [0.15, 0.2) is 28.4 Å². The average molecular weight is 351 g/mol. The Morgan fingerprint density at radius 1 is 1.28 bits per heavy atom. The zero-order valence-corrected chi connectivity index (χ0v) is 13.9. The summed E-state index contributed by atoms with van der Waals surface area (Å²) in [5, 5.41) is 0. The molecule has 0 aliphatic heterocycles. The van der Waals surface area contributed by atoms with Crippen LogP contribution in [0.4, 0.5) is 8.78 Å². The third kappa shape index (κ3) is 4.40. The van der Waals surface area contributed by atoms with Crippen LogP contribution < -0.4 is 11.5 Å². The van der Waals surface area contributed by atoms with E-state index in [4.69, 9.17) is 16.2 Å². The number of aliphatic imine (C=N–C) groups is 1. The molecule has 0 unspecified atom stereocenters. The fourth-order valence-corrected chi connectivity index (χ4v) is 2.12. The van der Waals surface area contributed by atoms with E-state index in [2.05, 4.69) is 4.99 Å². The molecule has 0 heterocycles. The van der Waals surface area contributed by atoms with Gasteiger partial charge in [-0.25, -0.2) is 13.6 Å². The molecule has 0 aromatic heterocycles. The molecule has 25 heavy (non-hydrogen) atoms. The first-order valence-electron chi connectivity index (χ1n) is 7.67. The zero-order chi connectivity index (χ0) is 18.7. The van der Waals surface area contributed by atoms with Gasteiger partial charge in [0.25, 0.3) is 0 Å². The first-order valence-corrected chi connectivity index (χ1v) is 7.67. The number of carbonyl (C=O) groups excluding carboxylic acids is 2. The van der Waals surface area contributed by atoms with Crippen LogP contribution in [-0.2, 0) is 9.53 Å². The molecular weight excluding hydrogens is 332 g/mol. The molecule has 4 N–H and O–H groups in total. The molecule has 0 atom stereocenters. The number of benzene rings is 1. The lowest BCUT2D eigenvalue weighted by Crippen LogP contribution is -2.28. The van der Waals surface area contributed by atoms with Crippen molar-refractivity contribution < 1.29 is 23.1 Å². The quantitative estimate of drug-likeness (QED) is 0.267. The number of aryl methyl sites for hydroxylation is 1. The molecule has 0 radical (unpaired) electrons. The van der Waals surface area contributed by atoms with Crippen molar-refractivity contribution in [2.45, 2.75) is 32.7 Å². The number of hydrogen-bond donors (Lipinski definition) is 2. The lowest BCUT2D eigenvalue weighted by Gasteiger charge is -2.10. The number of rotatable bonds is 6. The van der Waals surface area contributed by atoms with Gasteiger partial charge in [-0.2, -0.15) is 0 Å². The van der Waals surface area contributed by atoms with Crippen LogP contribution in [0, 0.1) is 18.6 Å². The number of halogens is 2. The van der Waals surface area contributed by atoms with Gasteiger partial charge in [-0.3, -0.25) is 9.79 Å². The van der Waals surface area contributed by atoms with E-state index in [0.29, 0.717) is 0 Å². The van der Waals surface area contributed by atoms with Gasteiger partial charge in [-0.15, -0.1) is 0 Å². The maximum Gasteiger partial charge on any atom is 0.344 e. The Hall–Kier alpha value is -2.77. The lowest BCUT2D eigenvalue weighted by atomic mass is 10.1. The van der Waals surface area contributed by atoms with E-state index in [9.17, 15) is 18.4 Å². The summed E-state index contributed by atoms with van der Waals surface area (Å²) in [4.78, 5) is 28.3. The number of nitrogens with zero attached hydrogens (tertiary/aromatic N) is 1. The Morgan fingerprint density at radius 2 is 1.92 bits per heavy atom. The van der Waals surface area contributed by atoms with Gasteiger partial charge in [0.15, 0.2) is 6.61 Å². The molecule has 6 nitrogen and oxygen atoms in total. The molecular formula is C17H19F2N3O3. The molecule has 8 heteroatoms. The monoisotopic (exact) mass is 351 g/mol. The second kappa shape index (κ2) is 7.42. The van der Waals surface area contributed by atoms with Gasteiger partial charge >= 0.3 is 5.97 Å². The van der Waals surface area contributed by atoms with Crippen molar-refractivity contribution in [2.24, 2.45) is 16.5 Å². The summed E-state index contributed by atoms with van der Waals surface area (Å²) in [6.07, 6.45) is 1.74. The third-order valence-electron chi connectivity index (χ3n) is 3.62. The number of Topliss-reactive ketones (excluding diaryl/α,β-unsaturated/α-hetero) is 1. The van der Waals surface area contributed by atoms with Crippen molar-refractivity contribution in [1.82, 2.24) is 0 Å². The summed E-state index contributed by atoms with van der Waals surface area (Å²) in [6, 6.07) is 2.24. The fraction of sp³-hybridized carbons (Fsp3) is 0.353. The van der Waals surface area contributed by atoms with E-state index in [1.54, 1.807) is 0 Å². The molecule has 2 rings (SSSR count). The Balaban J connectivity index is 2.12. The minimum atomic E-state index is -1.02. The molecule has 1 aromatic rings. The first-order chi connectivity index (χ1) is 11.7. The van der Waals surface area contributed by atoms with Crippen molar-refractivity contribution >= 4 is 17.6 Å². The molecule has 0 spiro atoms. The minimum absolute atomic E-state index is 0.0549. The second-order valence-electron chi connectivity index (χ2n) is 5.86. The van der Waals surface area contributed by atoms with Crippen LogP contribution in [0.1, 0.15) is 35.7 Å². The Bertz CT molecular complexity index is 780. The maximum atomic E-state index is 13.9. The van der Waals surface area contributed by atoms with E-state index in [1.165, 1.54) is 19.9 Å². The summed E-state index contributed by atoms with van der Waals surface area (Å²) in [5.41, 5.74) is 10.7. The first kappa shape index (κ1) is 18.6. The van der Waals surface area contributed by atoms with E-state index in [-0.39, 0.29) is 28.7 Å². The minimum Gasteiger partial charge on any atom is -0.454 e. The Labute approximate surface area is 143 Å². The number of hydrogen-bond acceptors (Lipinski definition) is 5. The number of carbonyl (C=O) groups is 2. The number of ether oxygens (including phenoxy) is 1. The molecule has 1 fully saturated rings. The highest BCUT2D eigenvalue weighted by Gasteiger charge is 2.26. The predicted octanol–water partition coefficient (Wildman–Crippen LogP) is 1.75. The topological polar surface area (TPSA) is 108 Å². The largest absolute Gasteiger partial charge is 0.454 e. The van der Waals surface area contributed by atoms with Crippen LogP contribution in [0.3, 0.4) is 0 Å². The van der Waals surface area contributed by atoms with Crippen LogP contribution in [0.5, 0.6) is 0 Å². The number of ketones is 1. The molecule has 1 aromatic carbocycles. The zero-order valence-electron chi connectivity index (χ0n) is 13.9. The molecule has 1 saturated carbocycles. The van der Waals surface area contributed by atoms with Crippen molar-refractivity contribution in [3.8, 4) is 0 Å². The van der Waals surface area contributed by atoms with Crippen LogP contribution in [0.25, 0.3) is 0 Å². The highest BCUT2D eigenvalue weighted by atomic mass is 19.1. The Morgan fingerprint density at radius 3 is 2.48 bits per heavy atom. The Kier molecular flexibility index (Phi) is 5.51. The maximum absolute atomic E-state index is 13.9. The molecule has 0 saturated heterocycles. The van der Waals surface area contributed by atoms with E-state index in [1.807, 2.05) is 0 Å². The molecule has 0 bridgehead atoms. The van der Waals surface area contributed by atoms with Gasteiger partial charge in [0.05, 0.1) is 11.6 Å². The summed E-state index contributed by atoms with van der Waals surface area (Å²) < 4.78 is 32.5. The van der Waals surface area contributed by atoms with Crippen molar-refractivity contribution in [3.05, 3.63) is 46.2 Å².